The van der Waals surface area contributed by atoms with Gasteiger partial charge in [0.1, 0.15) is 0 Å². The van der Waals surface area contributed by atoms with Crippen LogP contribution in [0.5, 0.6) is 0 Å². The van der Waals surface area contributed by atoms with Gasteiger partial charge in [0, 0.05) is 10.3 Å². The van der Waals surface area contributed by atoms with Crippen LogP contribution in [0.15, 0.2) is 76.5 Å². The number of nitrogens with two attached hydrogens (primary N) is 1. The second kappa shape index (κ2) is 6.41. The summed E-state index contributed by atoms with van der Waals surface area (Å²) in [5, 5.41) is 5.18. The number of sulfonamides is 1. The average Bonchev–Trinajstić information content (AvgIpc) is 3.09. The zero-order valence-electron chi connectivity index (χ0n) is 14.6. The molecule has 1 saturated carbocycles. The summed E-state index contributed by atoms with van der Waals surface area (Å²) in [4.78, 5) is 1.43. The molecule has 2 aromatic rings. The number of benzene rings is 2. The van der Waals surface area contributed by atoms with Crippen LogP contribution in [0.2, 0.25) is 0 Å². The van der Waals surface area contributed by atoms with Crippen molar-refractivity contribution >= 4 is 27.4 Å². The first-order chi connectivity index (χ1) is 12.4. The molecule has 2 aliphatic rings. The molecule has 0 radical (unpaired) electrons. The lowest BCUT2D eigenvalue weighted by Gasteiger charge is -2.45. The molecule has 0 aromatic heterocycles. The van der Waals surface area contributed by atoms with Crippen LogP contribution in [-0.4, -0.2) is 14.7 Å². The van der Waals surface area contributed by atoms with Gasteiger partial charge >= 0.3 is 0 Å². The molecule has 2 aromatic carbocycles. The van der Waals surface area contributed by atoms with Gasteiger partial charge in [0.25, 0.3) is 0 Å². The van der Waals surface area contributed by atoms with Crippen LogP contribution in [-0.2, 0) is 10.0 Å². The maximum Gasteiger partial charge on any atom is 0.238 e. The van der Waals surface area contributed by atoms with Gasteiger partial charge in [-0.3, -0.25) is 0 Å². The Morgan fingerprint density at radius 3 is 2.31 bits per heavy atom. The van der Waals surface area contributed by atoms with Crippen LogP contribution >= 0.6 is 11.8 Å². The first kappa shape index (κ1) is 17.6. The number of thioether (sulfide) groups is 1. The van der Waals surface area contributed by atoms with Gasteiger partial charge in [-0.05, 0) is 66.0 Å². The molecule has 4 rings (SSSR count). The number of hydrogen-bond donors (Lipinski definition) is 1. The summed E-state index contributed by atoms with van der Waals surface area (Å²) in [7, 11) is -3.65. The van der Waals surface area contributed by atoms with Crippen molar-refractivity contribution in [1.82, 2.24) is 0 Å². The second-order valence-electron chi connectivity index (χ2n) is 6.98. The lowest BCUT2D eigenvalue weighted by Crippen LogP contribution is -2.33. The largest absolute Gasteiger partial charge is 0.238 e. The van der Waals surface area contributed by atoms with Crippen molar-refractivity contribution < 1.29 is 8.42 Å². The van der Waals surface area contributed by atoms with Crippen LogP contribution in [0.3, 0.4) is 0 Å². The average molecular weight is 384 g/mol. The van der Waals surface area contributed by atoms with Gasteiger partial charge in [-0.15, -0.1) is 11.8 Å². The minimum absolute atomic E-state index is 0.0921. The van der Waals surface area contributed by atoms with E-state index < -0.39 is 10.0 Å². The van der Waals surface area contributed by atoms with Crippen LogP contribution < -0.4 is 5.14 Å². The molecule has 134 valence electrons. The van der Waals surface area contributed by atoms with E-state index in [1.54, 1.807) is 23.9 Å². The van der Waals surface area contributed by atoms with Gasteiger partial charge in [-0.2, -0.15) is 0 Å². The summed E-state index contributed by atoms with van der Waals surface area (Å²) >= 11 is 1.76. The lowest BCUT2D eigenvalue weighted by molar-refractivity contribution is 0.221. The van der Waals surface area contributed by atoms with Crippen molar-refractivity contribution in [2.24, 2.45) is 10.6 Å². The van der Waals surface area contributed by atoms with E-state index in [-0.39, 0.29) is 10.3 Å². The third kappa shape index (κ3) is 3.04. The van der Waals surface area contributed by atoms with Crippen molar-refractivity contribution in [3.05, 3.63) is 77.9 Å². The van der Waals surface area contributed by atoms with Gasteiger partial charge in [-0.25, -0.2) is 13.6 Å². The minimum Gasteiger partial charge on any atom is -0.225 e. The molecule has 2 unspecified atom stereocenters. The number of primary sulfonamides is 1. The zero-order chi connectivity index (χ0) is 18.4. The minimum atomic E-state index is -3.65. The molecule has 0 amide bonds. The van der Waals surface area contributed by atoms with Crippen molar-refractivity contribution in [2.75, 3.05) is 6.26 Å². The summed E-state index contributed by atoms with van der Waals surface area (Å²) < 4.78 is 22.8. The summed E-state index contributed by atoms with van der Waals surface area (Å²) in [6.07, 6.45) is 11.3. The van der Waals surface area contributed by atoms with Crippen molar-refractivity contribution in [2.45, 2.75) is 28.6 Å². The molecule has 26 heavy (non-hydrogen) atoms. The summed E-state index contributed by atoms with van der Waals surface area (Å²) in [6, 6.07) is 15.7. The van der Waals surface area contributed by atoms with Crippen molar-refractivity contribution in [3.63, 3.8) is 0 Å². The molecular formula is C21H21NO2S2. The predicted molar refractivity (Wildman–Crippen MR) is 108 cm³/mol. The fraction of sp³-hybridized carbons (Fsp3) is 0.238. The summed E-state index contributed by atoms with van der Waals surface area (Å²) in [5.74, 6) is 0.510. The maximum absolute atomic E-state index is 11.4. The van der Waals surface area contributed by atoms with Gasteiger partial charge in [0.05, 0.1) is 4.90 Å². The first-order valence-corrected chi connectivity index (χ1v) is 11.4. The highest BCUT2D eigenvalue weighted by atomic mass is 32.2. The van der Waals surface area contributed by atoms with Crippen molar-refractivity contribution in [3.8, 4) is 0 Å². The summed E-state index contributed by atoms with van der Waals surface area (Å²) in [5.41, 5.74) is 3.65. The van der Waals surface area contributed by atoms with Crippen LogP contribution in [0.4, 0.5) is 0 Å². The molecule has 1 spiro atoms. The Kier molecular flexibility index (Phi) is 4.34. The quantitative estimate of drug-likeness (QED) is 0.787. The third-order valence-electron chi connectivity index (χ3n) is 5.55. The Morgan fingerprint density at radius 2 is 1.77 bits per heavy atom. The molecule has 0 bridgehead atoms. The fourth-order valence-corrected chi connectivity index (χ4v) is 4.88. The van der Waals surface area contributed by atoms with Crippen molar-refractivity contribution in [1.29, 1.82) is 0 Å². The maximum atomic E-state index is 11.4. The Labute approximate surface area is 159 Å². The zero-order valence-corrected chi connectivity index (χ0v) is 16.2. The molecule has 5 heteroatoms. The topological polar surface area (TPSA) is 60.2 Å². The highest BCUT2D eigenvalue weighted by molar-refractivity contribution is 7.98. The van der Waals surface area contributed by atoms with E-state index in [2.05, 4.69) is 48.7 Å². The monoisotopic (exact) mass is 383 g/mol. The van der Waals surface area contributed by atoms with E-state index in [9.17, 15) is 8.42 Å². The van der Waals surface area contributed by atoms with Crippen LogP contribution in [0.1, 0.15) is 29.9 Å². The van der Waals surface area contributed by atoms with Crippen LogP contribution in [0, 0.1) is 5.41 Å². The van der Waals surface area contributed by atoms with Gasteiger partial charge in [-0.1, -0.05) is 42.5 Å². The Balaban J connectivity index is 1.60. The predicted octanol–water partition coefficient (Wildman–Crippen LogP) is 4.57. The van der Waals surface area contributed by atoms with Gasteiger partial charge in [0.2, 0.25) is 10.0 Å². The molecule has 2 atom stereocenters. The molecule has 3 nitrogen and oxygen atoms in total. The first-order valence-electron chi connectivity index (χ1n) is 8.61. The number of hydrogen-bond acceptors (Lipinski definition) is 3. The molecular weight excluding hydrogens is 362 g/mol. The van der Waals surface area contributed by atoms with Crippen LogP contribution in [0.25, 0.3) is 5.57 Å². The highest BCUT2D eigenvalue weighted by Crippen LogP contribution is 2.58. The molecule has 1 fully saturated rings. The third-order valence-corrected chi connectivity index (χ3v) is 7.22. The smallest absolute Gasteiger partial charge is 0.225 e. The Hall–Kier alpha value is -1.82. The highest BCUT2D eigenvalue weighted by Gasteiger charge is 2.45. The van der Waals surface area contributed by atoms with E-state index in [4.69, 9.17) is 5.14 Å². The standard InChI is InChI=1S/C21H21NO2S2/c1-25-18-6-2-16(3-7-18)20-11-13-21(20)12-10-17(14-21)15-4-8-19(9-5-15)26(22,23)24/h2-10,12,14,20H,11,13H2,1H3,(H2,22,23,24). The molecule has 0 heterocycles. The van der Waals surface area contributed by atoms with Gasteiger partial charge in [0.15, 0.2) is 0 Å². The molecule has 0 aliphatic heterocycles. The lowest BCUT2D eigenvalue weighted by atomic mass is 9.58. The molecule has 2 aliphatic carbocycles. The van der Waals surface area contributed by atoms with E-state index in [0.29, 0.717) is 5.92 Å². The molecule has 0 saturated heterocycles. The normalized spacial score (nSPS) is 24.5. The molecule has 2 N–H and O–H groups in total. The Bertz CT molecular complexity index is 989. The summed E-state index contributed by atoms with van der Waals surface area (Å²) in [6.45, 7) is 0. The van der Waals surface area contributed by atoms with Gasteiger partial charge < -0.3 is 0 Å². The number of allylic oxidation sites excluding steroid dienone is 4. The second-order valence-corrected chi connectivity index (χ2v) is 9.42. The van der Waals surface area contributed by atoms with E-state index >= 15 is 0 Å². The van der Waals surface area contributed by atoms with E-state index in [1.807, 2.05) is 12.1 Å². The van der Waals surface area contributed by atoms with E-state index in [0.717, 1.165) is 17.6 Å². The Morgan fingerprint density at radius 1 is 1.08 bits per heavy atom. The SMILES string of the molecule is CSc1ccc(C2CCC23C=CC(c2ccc(S(N)(=O)=O)cc2)=C3)cc1. The number of rotatable bonds is 4. The fourth-order valence-electron chi connectivity index (χ4n) is 3.95. The van der Waals surface area contributed by atoms with E-state index in [1.165, 1.54) is 16.9 Å².